The minimum Gasteiger partial charge on any atom is -0.462 e. The van der Waals surface area contributed by atoms with Crippen LogP contribution in [0, 0.1) is 0 Å². The number of fused-ring (bicyclic) bond motifs is 2. The van der Waals surface area contributed by atoms with Crippen LogP contribution in [0.15, 0.2) is 65.7 Å². The molecule has 30 heavy (non-hydrogen) atoms. The van der Waals surface area contributed by atoms with Crippen LogP contribution in [-0.4, -0.2) is 23.1 Å². The number of amides is 1. The highest BCUT2D eigenvalue weighted by molar-refractivity contribution is 7.16. The number of aromatic nitrogens is 1. The Labute approximate surface area is 178 Å². The van der Waals surface area contributed by atoms with Gasteiger partial charge in [-0.3, -0.25) is 4.79 Å². The predicted octanol–water partition coefficient (Wildman–Crippen LogP) is 4.72. The van der Waals surface area contributed by atoms with Crippen LogP contribution in [0.4, 0.5) is 0 Å². The quantitative estimate of drug-likeness (QED) is 0.441. The zero-order valence-electron chi connectivity index (χ0n) is 16.9. The molecule has 4 aromatic rings. The lowest BCUT2D eigenvalue weighted by Gasteiger charge is -2.04. The third kappa shape index (κ3) is 3.91. The molecule has 1 aromatic heterocycles. The lowest BCUT2D eigenvalue weighted by molar-refractivity contribution is -0.117. The van der Waals surface area contributed by atoms with E-state index in [2.05, 4.69) is 4.99 Å². The summed E-state index contributed by atoms with van der Waals surface area (Å²) in [4.78, 5) is 29.9. The summed E-state index contributed by atoms with van der Waals surface area (Å²) in [5, 5.41) is 2.18. The number of hydrogen-bond donors (Lipinski definition) is 0. The van der Waals surface area contributed by atoms with Crippen molar-refractivity contribution in [1.29, 1.82) is 0 Å². The largest absolute Gasteiger partial charge is 0.462 e. The first-order valence-electron chi connectivity index (χ1n) is 9.95. The molecule has 152 valence electrons. The Morgan fingerprint density at radius 2 is 1.83 bits per heavy atom. The van der Waals surface area contributed by atoms with Gasteiger partial charge in [0.05, 0.1) is 28.8 Å². The van der Waals surface area contributed by atoms with Crippen molar-refractivity contribution in [2.24, 2.45) is 4.99 Å². The van der Waals surface area contributed by atoms with E-state index in [9.17, 15) is 9.59 Å². The summed E-state index contributed by atoms with van der Waals surface area (Å²) >= 11 is 1.41. The Morgan fingerprint density at radius 3 is 2.63 bits per heavy atom. The van der Waals surface area contributed by atoms with Gasteiger partial charge in [0, 0.05) is 6.54 Å². The molecular formula is C24H22N2O3S. The molecule has 1 amide bonds. The molecule has 4 rings (SSSR count). The molecule has 6 heteroatoms. The molecule has 0 radical (unpaired) electrons. The number of benzene rings is 3. The first-order chi connectivity index (χ1) is 14.6. The number of nitrogens with zero attached hydrogens (tertiary/aromatic N) is 2. The molecule has 5 nitrogen and oxygen atoms in total. The molecule has 0 atom stereocenters. The van der Waals surface area contributed by atoms with E-state index in [4.69, 9.17) is 4.74 Å². The Balaban J connectivity index is 1.70. The molecule has 0 N–H and O–H groups in total. The average Bonchev–Trinajstić information content (AvgIpc) is 3.10. The highest BCUT2D eigenvalue weighted by atomic mass is 32.1. The third-order valence-electron chi connectivity index (χ3n) is 4.95. The van der Waals surface area contributed by atoms with Gasteiger partial charge >= 0.3 is 5.97 Å². The van der Waals surface area contributed by atoms with Crippen molar-refractivity contribution in [3.63, 3.8) is 0 Å². The van der Waals surface area contributed by atoms with E-state index < -0.39 is 0 Å². The first kappa shape index (κ1) is 20.0. The minimum absolute atomic E-state index is 0.189. The Kier molecular flexibility index (Phi) is 5.77. The summed E-state index contributed by atoms with van der Waals surface area (Å²) in [5.74, 6) is -0.535. The Morgan fingerprint density at radius 1 is 1.03 bits per heavy atom. The van der Waals surface area contributed by atoms with E-state index in [1.807, 2.05) is 60.0 Å². The van der Waals surface area contributed by atoms with Gasteiger partial charge < -0.3 is 9.30 Å². The van der Waals surface area contributed by atoms with Crippen molar-refractivity contribution >= 4 is 44.2 Å². The molecule has 0 bridgehead atoms. The third-order valence-corrected chi connectivity index (χ3v) is 5.99. The zero-order valence-corrected chi connectivity index (χ0v) is 17.7. The van der Waals surface area contributed by atoms with Crippen LogP contribution in [-0.2, 0) is 22.5 Å². The van der Waals surface area contributed by atoms with Crippen LogP contribution >= 0.6 is 11.3 Å². The predicted molar refractivity (Wildman–Crippen MR) is 120 cm³/mol. The number of ether oxygens (including phenoxy) is 1. The molecule has 1 heterocycles. The Hall–Kier alpha value is -3.25. The number of esters is 1. The van der Waals surface area contributed by atoms with Crippen LogP contribution in [0.3, 0.4) is 0 Å². The van der Waals surface area contributed by atoms with Gasteiger partial charge in [-0.2, -0.15) is 4.99 Å². The fraction of sp³-hybridized carbons (Fsp3) is 0.208. The second-order valence-corrected chi connectivity index (χ2v) is 7.86. The normalized spacial score (nSPS) is 11.9. The van der Waals surface area contributed by atoms with Crippen molar-refractivity contribution in [1.82, 2.24) is 4.57 Å². The second-order valence-electron chi connectivity index (χ2n) is 6.85. The summed E-state index contributed by atoms with van der Waals surface area (Å²) in [7, 11) is 0. The molecule has 0 spiro atoms. The standard InChI is InChI=1S/C24H22N2O3S/c1-3-26-20-13-12-18(23(28)29-4-2)14-21(20)30-24(26)25-22(27)15-17-10-7-9-16-8-5-6-11-19(16)17/h5-14H,3-4,15H2,1-2H3. The molecule has 0 fully saturated rings. The van der Waals surface area contributed by atoms with Gasteiger partial charge in [0.2, 0.25) is 0 Å². The summed E-state index contributed by atoms with van der Waals surface area (Å²) < 4.78 is 7.99. The smallest absolute Gasteiger partial charge is 0.338 e. The number of carbonyl (C=O) groups excluding carboxylic acids is 2. The molecule has 0 aliphatic heterocycles. The van der Waals surface area contributed by atoms with Gasteiger partial charge in [-0.25, -0.2) is 4.79 Å². The monoisotopic (exact) mass is 418 g/mol. The highest BCUT2D eigenvalue weighted by Gasteiger charge is 2.12. The molecule has 0 saturated carbocycles. The van der Waals surface area contributed by atoms with Crippen LogP contribution in [0.25, 0.3) is 21.0 Å². The molecule has 0 aliphatic carbocycles. The molecular weight excluding hydrogens is 396 g/mol. The van der Waals surface area contributed by atoms with Gasteiger partial charge in [0.15, 0.2) is 4.80 Å². The maximum Gasteiger partial charge on any atom is 0.338 e. The van der Waals surface area contributed by atoms with E-state index in [1.54, 1.807) is 19.1 Å². The van der Waals surface area contributed by atoms with Crippen molar-refractivity contribution in [3.8, 4) is 0 Å². The lowest BCUT2D eigenvalue weighted by Crippen LogP contribution is -2.16. The van der Waals surface area contributed by atoms with E-state index in [0.29, 0.717) is 23.5 Å². The van der Waals surface area contributed by atoms with Gasteiger partial charge in [-0.05, 0) is 48.4 Å². The summed E-state index contributed by atoms with van der Waals surface area (Å²) in [6, 6.07) is 19.5. The van der Waals surface area contributed by atoms with Gasteiger partial charge in [-0.15, -0.1) is 0 Å². The summed E-state index contributed by atoms with van der Waals surface area (Å²) in [6.07, 6.45) is 0.243. The van der Waals surface area contributed by atoms with E-state index in [-0.39, 0.29) is 18.3 Å². The molecule has 0 saturated heterocycles. The minimum atomic E-state index is -0.346. The first-order valence-corrected chi connectivity index (χ1v) is 10.8. The van der Waals surface area contributed by atoms with Crippen molar-refractivity contribution in [2.75, 3.05) is 6.61 Å². The van der Waals surface area contributed by atoms with Crippen molar-refractivity contribution < 1.29 is 14.3 Å². The zero-order chi connectivity index (χ0) is 21.1. The Bertz CT molecular complexity index is 1310. The highest BCUT2D eigenvalue weighted by Crippen LogP contribution is 2.21. The van der Waals surface area contributed by atoms with E-state index in [1.165, 1.54) is 11.3 Å². The van der Waals surface area contributed by atoms with Crippen LogP contribution in [0.2, 0.25) is 0 Å². The number of carbonyl (C=O) groups is 2. The van der Waals surface area contributed by atoms with E-state index in [0.717, 1.165) is 26.6 Å². The summed E-state index contributed by atoms with van der Waals surface area (Å²) in [5.41, 5.74) is 2.42. The number of aryl methyl sites for hydroxylation is 1. The fourth-order valence-corrected chi connectivity index (χ4v) is 4.71. The molecule has 0 unspecified atom stereocenters. The molecule has 0 aliphatic rings. The SMILES string of the molecule is CCOC(=O)c1ccc2c(c1)sc(=NC(=O)Cc1cccc3ccccc13)n2CC. The summed E-state index contributed by atoms with van der Waals surface area (Å²) in [6.45, 7) is 4.81. The van der Waals surface area contributed by atoms with Crippen molar-refractivity contribution in [2.45, 2.75) is 26.8 Å². The number of hydrogen-bond acceptors (Lipinski definition) is 4. The number of rotatable bonds is 5. The van der Waals surface area contributed by atoms with Crippen LogP contribution in [0.1, 0.15) is 29.8 Å². The fourth-order valence-electron chi connectivity index (χ4n) is 3.56. The number of thiazole rings is 1. The maximum atomic E-state index is 12.8. The maximum absolute atomic E-state index is 12.8. The van der Waals surface area contributed by atoms with Gasteiger partial charge in [0.25, 0.3) is 5.91 Å². The van der Waals surface area contributed by atoms with Crippen molar-refractivity contribution in [3.05, 3.63) is 76.6 Å². The van der Waals surface area contributed by atoms with Gasteiger partial charge in [-0.1, -0.05) is 53.8 Å². The molecule has 3 aromatic carbocycles. The second kappa shape index (κ2) is 8.63. The van der Waals surface area contributed by atoms with E-state index >= 15 is 0 Å². The average molecular weight is 419 g/mol. The lowest BCUT2D eigenvalue weighted by atomic mass is 10.0. The van der Waals surface area contributed by atoms with Crippen LogP contribution < -0.4 is 4.80 Å². The van der Waals surface area contributed by atoms with Crippen LogP contribution in [0.5, 0.6) is 0 Å². The topological polar surface area (TPSA) is 60.7 Å². The van der Waals surface area contributed by atoms with Gasteiger partial charge in [0.1, 0.15) is 0 Å².